The molecule has 0 saturated carbocycles. The highest BCUT2D eigenvalue weighted by atomic mass is 32.2. The van der Waals surface area contributed by atoms with Gasteiger partial charge in [-0.3, -0.25) is 10.1 Å². The first kappa shape index (κ1) is 14.5. The van der Waals surface area contributed by atoms with Crippen molar-refractivity contribution in [2.45, 2.75) is 17.9 Å². The second kappa shape index (κ2) is 5.40. The van der Waals surface area contributed by atoms with Gasteiger partial charge in [0.25, 0.3) is 0 Å². The first-order chi connectivity index (χ1) is 8.27. The first-order valence-corrected chi connectivity index (χ1v) is 6.84. The Hall–Kier alpha value is -1.54. The van der Waals surface area contributed by atoms with E-state index in [-0.39, 0.29) is 17.9 Å². The summed E-state index contributed by atoms with van der Waals surface area (Å²) in [5.41, 5.74) is 4.75. The summed E-state index contributed by atoms with van der Waals surface area (Å²) in [5, 5.41) is 9.66. The van der Waals surface area contributed by atoms with E-state index in [0.29, 0.717) is 0 Å². The molecule has 1 atom stereocenters. The van der Waals surface area contributed by atoms with E-state index < -0.39 is 31.5 Å². The molecule has 100 valence electrons. The van der Waals surface area contributed by atoms with Crippen LogP contribution in [0.25, 0.3) is 0 Å². The SMILES string of the molecule is CC(CN)S(=O)(=O)Cc1ccc([N+](=O)[O-])c(F)c1. The predicted octanol–water partition coefficient (Wildman–Crippen LogP) is 0.996. The molecule has 0 radical (unpaired) electrons. The summed E-state index contributed by atoms with van der Waals surface area (Å²) in [6, 6.07) is 3.04. The Morgan fingerprint density at radius 3 is 2.56 bits per heavy atom. The van der Waals surface area contributed by atoms with Gasteiger partial charge in [0, 0.05) is 12.6 Å². The fourth-order valence-electron chi connectivity index (χ4n) is 1.31. The van der Waals surface area contributed by atoms with E-state index in [2.05, 4.69) is 0 Å². The lowest BCUT2D eigenvalue weighted by molar-refractivity contribution is -0.387. The van der Waals surface area contributed by atoms with Crippen molar-refractivity contribution in [3.63, 3.8) is 0 Å². The number of sulfone groups is 1. The Kier molecular flexibility index (Phi) is 4.36. The Bertz CT molecular complexity index is 559. The van der Waals surface area contributed by atoms with Crippen LogP contribution in [0.5, 0.6) is 0 Å². The summed E-state index contributed by atoms with van der Waals surface area (Å²) in [4.78, 5) is 9.54. The highest BCUT2D eigenvalue weighted by Crippen LogP contribution is 2.20. The molecule has 1 rings (SSSR count). The zero-order valence-corrected chi connectivity index (χ0v) is 10.5. The van der Waals surface area contributed by atoms with Gasteiger partial charge in [-0.2, -0.15) is 4.39 Å². The molecule has 0 fully saturated rings. The van der Waals surface area contributed by atoms with Crippen LogP contribution in [-0.4, -0.2) is 25.1 Å². The summed E-state index contributed by atoms with van der Waals surface area (Å²) in [5.74, 6) is -1.44. The largest absolute Gasteiger partial charge is 0.329 e. The molecule has 1 aromatic rings. The van der Waals surface area contributed by atoms with Crippen molar-refractivity contribution in [3.8, 4) is 0 Å². The minimum absolute atomic E-state index is 0.0300. The number of halogens is 1. The minimum Gasteiger partial charge on any atom is -0.329 e. The van der Waals surface area contributed by atoms with Crippen molar-refractivity contribution >= 4 is 15.5 Å². The molecule has 0 saturated heterocycles. The number of nitrogens with zero attached hydrogens (tertiary/aromatic N) is 1. The molecule has 0 heterocycles. The molecule has 8 heteroatoms. The molecule has 0 aromatic heterocycles. The van der Waals surface area contributed by atoms with Crippen molar-refractivity contribution in [2.75, 3.05) is 6.54 Å². The molecule has 1 unspecified atom stereocenters. The number of hydrogen-bond donors (Lipinski definition) is 1. The van der Waals surface area contributed by atoms with Crippen molar-refractivity contribution in [2.24, 2.45) is 5.73 Å². The Balaban J connectivity index is 3.01. The van der Waals surface area contributed by atoms with Gasteiger partial charge in [-0.05, 0) is 18.6 Å². The zero-order chi connectivity index (χ0) is 13.9. The summed E-state index contributed by atoms with van der Waals surface area (Å²) >= 11 is 0. The summed E-state index contributed by atoms with van der Waals surface area (Å²) in [6.07, 6.45) is 0. The van der Waals surface area contributed by atoms with Gasteiger partial charge in [0.15, 0.2) is 9.84 Å². The van der Waals surface area contributed by atoms with Gasteiger partial charge in [-0.15, -0.1) is 0 Å². The van der Waals surface area contributed by atoms with Crippen LogP contribution in [0.4, 0.5) is 10.1 Å². The molecule has 0 bridgehead atoms. The highest BCUT2D eigenvalue weighted by Gasteiger charge is 2.21. The molecular weight excluding hydrogens is 263 g/mol. The van der Waals surface area contributed by atoms with Crippen LogP contribution in [0.2, 0.25) is 0 Å². The van der Waals surface area contributed by atoms with Gasteiger partial charge in [0.2, 0.25) is 5.82 Å². The van der Waals surface area contributed by atoms with E-state index in [9.17, 15) is 22.9 Å². The van der Waals surface area contributed by atoms with E-state index >= 15 is 0 Å². The molecule has 0 amide bonds. The molecule has 0 aliphatic rings. The molecule has 18 heavy (non-hydrogen) atoms. The van der Waals surface area contributed by atoms with Crippen LogP contribution in [0.15, 0.2) is 18.2 Å². The molecule has 2 N–H and O–H groups in total. The predicted molar refractivity (Wildman–Crippen MR) is 64.2 cm³/mol. The fourth-order valence-corrected chi connectivity index (χ4v) is 2.53. The number of nitrogens with two attached hydrogens (primary N) is 1. The third-order valence-electron chi connectivity index (χ3n) is 2.52. The van der Waals surface area contributed by atoms with E-state index in [1.54, 1.807) is 0 Å². The van der Waals surface area contributed by atoms with Crippen LogP contribution < -0.4 is 5.73 Å². The second-order valence-corrected chi connectivity index (χ2v) is 6.32. The molecule has 0 spiro atoms. The number of hydrogen-bond acceptors (Lipinski definition) is 5. The van der Waals surface area contributed by atoms with Gasteiger partial charge in [-0.25, -0.2) is 8.42 Å². The molecule has 0 aliphatic carbocycles. The van der Waals surface area contributed by atoms with Crippen LogP contribution in [-0.2, 0) is 15.6 Å². The third-order valence-corrected chi connectivity index (χ3v) is 4.68. The van der Waals surface area contributed by atoms with Gasteiger partial charge in [0.1, 0.15) is 0 Å². The quantitative estimate of drug-likeness (QED) is 0.638. The molecular formula is C10H13FN2O4S. The normalized spacial score (nSPS) is 13.3. The van der Waals surface area contributed by atoms with Crippen LogP contribution >= 0.6 is 0 Å². The lowest BCUT2D eigenvalue weighted by Gasteiger charge is -2.10. The van der Waals surface area contributed by atoms with Crippen LogP contribution in [0, 0.1) is 15.9 Å². The third kappa shape index (κ3) is 3.23. The Morgan fingerprint density at radius 1 is 1.50 bits per heavy atom. The number of rotatable bonds is 5. The molecule has 1 aromatic carbocycles. The monoisotopic (exact) mass is 276 g/mol. The van der Waals surface area contributed by atoms with Crippen molar-refractivity contribution in [1.82, 2.24) is 0 Å². The van der Waals surface area contributed by atoms with E-state index in [4.69, 9.17) is 5.73 Å². The smallest absolute Gasteiger partial charge is 0.304 e. The van der Waals surface area contributed by atoms with Gasteiger partial charge < -0.3 is 5.73 Å². The van der Waals surface area contributed by atoms with E-state index in [1.807, 2.05) is 0 Å². The maximum Gasteiger partial charge on any atom is 0.304 e. The van der Waals surface area contributed by atoms with Gasteiger partial charge in [0.05, 0.1) is 15.9 Å². The first-order valence-electron chi connectivity index (χ1n) is 5.12. The highest BCUT2D eigenvalue weighted by molar-refractivity contribution is 7.91. The van der Waals surface area contributed by atoms with Crippen molar-refractivity contribution in [1.29, 1.82) is 0 Å². The lowest BCUT2D eigenvalue weighted by atomic mass is 10.2. The van der Waals surface area contributed by atoms with Crippen LogP contribution in [0.3, 0.4) is 0 Å². The Morgan fingerprint density at radius 2 is 2.11 bits per heavy atom. The fraction of sp³-hybridized carbons (Fsp3) is 0.400. The van der Waals surface area contributed by atoms with Crippen LogP contribution in [0.1, 0.15) is 12.5 Å². The summed E-state index contributed by atoms with van der Waals surface area (Å²) in [7, 11) is -3.47. The maximum absolute atomic E-state index is 13.3. The van der Waals surface area contributed by atoms with E-state index in [1.165, 1.54) is 13.0 Å². The number of nitro groups is 1. The van der Waals surface area contributed by atoms with Gasteiger partial charge >= 0.3 is 5.69 Å². The average Bonchev–Trinajstić information content (AvgIpc) is 2.26. The standard InChI is InChI=1S/C10H13FN2O4S/c1-7(5-12)18(16,17)6-8-2-3-10(13(14)15)9(11)4-8/h2-4,7H,5-6,12H2,1H3. The summed E-state index contributed by atoms with van der Waals surface area (Å²) in [6.45, 7) is 1.43. The average molecular weight is 276 g/mol. The minimum atomic E-state index is -3.47. The molecule has 0 aliphatic heterocycles. The second-order valence-electron chi connectivity index (χ2n) is 3.90. The number of nitro benzene ring substituents is 1. The topological polar surface area (TPSA) is 103 Å². The lowest BCUT2D eigenvalue weighted by Crippen LogP contribution is -2.27. The Labute approximate surface area is 104 Å². The molecule has 6 nitrogen and oxygen atoms in total. The summed E-state index contributed by atoms with van der Waals surface area (Å²) < 4.78 is 36.7. The number of benzene rings is 1. The zero-order valence-electron chi connectivity index (χ0n) is 9.67. The maximum atomic E-state index is 13.3. The van der Waals surface area contributed by atoms with Crippen molar-refractivity contribution in [3.05, 3.63) is 39.7 Å². The van der Waals surface area contributed by atoms with Crippen molar-refractivity contribution < 1.29 is 17.7 Å². The van der Waals surface area contributed by atoms with Gasteiger partial charge in [-0.1, -0.05) is 6.07 Å². The van der Waals surface area contributed by atoms with E-state index in [0.717, 1.165) is 12.1 Å².